The van der Waals surface area contributed by atoms with E-state index in [4.69, 9.17) is 10.3 Å². The van der Waals surface area contributed by atoms with Gasteiger partial charge in [-0.1, -0.05) is 0 Å². The highest BCUT2D eigenvalue weighted by atomic mass is 32.2. The predicted molar refractivity (Wildman–Crippen MR) is 53.6 cm³/mol. The molecule has 2 aliphatic rings. The van der Waals surface area contributed by atoms with Crippen LogP contribution >= 0.6 is 0 Å². The van der Waals surface area contributed by atoms with Gasteiger partial charge in [0.05, 0.1) is 18.0 Å². The van der Waals surface area contributed by atoms with E-state index in [0.717, 1.165) is 19.4 Å². The molecule has 15 heavy (non-hydrogen) atoms. The van der Waals surface area contributed by atoms with E-state index >= 15 is 0 Å². The maximum absolute atomic E-state index is 11.4. The summed E-state index contributed by atoms with van der Waals surface area (Å²) in [7, 11) is -3.59. The molecule has 0 spiro atoms. The van der Waals surface area contributed by atoms with Crippen LogP contribution in [0.3, 0.4) is 0 Å². The van der Waals surface area contributed by atoms with E-state index in [1.54, 1.807) is 0 Å². The number of nitrogens with zero attached hydrogens (tertiary/aromatic N) is 3. The summed E-state index contributed by atoms with van der Waals surface area (Å²) in [6.07, 6.45) is 3.25. The molecular weight excluding hydrogens is 218 g/mol. The SMILES string of the molecule is [N-]=[N+]=NS(=O)(=O)C1CCC(C2CO2)CC1. The summed E-state index contributed by atoms with van der Waals surface area (Å²) < 4.78 is 30.9. The van der Waals surface area contributed by atoms with Crippen LogP contribution in [0.5, 0.6) is 0 Å². The third-order valence-electron chi connectivity index (χ3n) is 3.18. The van der Waals surface area contributed by atoms with Crippen molar-refractivity contribution in [3.8, 4) is 0 Å². The van der Waals surface area contributed by atoms with Crippen LogP contribution < -0.4 is 0 Å². The number of epoxide rings is 1. The number of rotatable bonds is 3. The Hall–Kier alpha value is -0.780. The fourth-order valence-corrected chi connectivity index (χ4v) is 3.31. The number of hydrogen-bond acceptors (Lipinski definition) is 3. The lowest BCUT2D eigenvalue weighted by molar-refractivity contribution is 0.267. The molecule has 0 N–H and O–H groups in total. The summed E-state index contributed by atoms with van der Waals surface area (Å²) in [5.74, 6) is 0.502. The Bertz CT molecular complexity index is 376. The minimum atomic E-state index is -3.59. The van der Waals surface area contributed by atoms with Crippen LogP contribution in [0.15, 0.2) is 4.52 Å². The van der Waals surface area contributed by atoms with Gasteiger partial charge in [0.15, 0.2) is 0 Å². The van der Waals surface area contributed by atoms with Crippen LogP contribution in [0.1, 0.15) is 25.7 Å². The number of sulfonamides is 1. The second-order valence-electron chi connectivity index (χ2n) is 4.09. The summed E-state index contributed by atoms with van der Waals surface area (Å²) in [6, 6.07) is 0. The average Bonchev–Trinajstić information content (AvgIpc) is 3.01. The zero-order valence-electron chi connectivity index (χ0n) is 8.24. The van der Waals surface area contributed by atoms with E-state index in [1.165, 1.54) is 0 Å². The molecule has 0 amide bonds. The fraction of sp³-hybridized carbons (Fsp3) is 1.00. The topological polar surface area (TPSA) is 95.4 Å². The van der Waals surface area contributed by atoms with E-state index in [0.29, 0.717) is 24.9 Å². The summed E-state index contributed by atoms with van der Waals surface area (Å²) >= 11 is 0. The molecule has 1 saturated heterocycles. The maximum atomic E-state index is 11.4. The molecule has 1 unspecified atom stereocenters. The zero-order valence-corrected chi connectivity index (χ0v) is 9.06. The van der Waals surface area contributed by atoms with E-state index in [1.807, 2.05) is 0 Å². The summed E-state index contributed by atoms with van der Waals surface area (Å²) in [5, 5.41) is -0.483. The Morgan fingerprint density at radius 3 is 2.33 bits per heavy atom. The van der Waals surface area contributed by atoms with Gasteiger partial charge in [0.25, 0.3) is 0 Å². The Morgan fingerprint density at radius 2 is 1.87 bits per heavy atom. The van der Waals surface area contributed by atoms with Crippen molar-refractivity contribution in [2.75, 3.05) is 6.61 Å². The van der Waals surface area contributed by atoms with Gasteiger partial charge in [-0.15, -0.1) is 0 Å². The molecule has 0 aromatic carbocycles. The van der Waals surface area contributed by atoms with Crippen LogP contribution in [0.4, 0.5) is 0 Å². The summed E-state index contributed by atoms with van der Waals surface area (Å²) in [5.41, 5.74) is 8.14. The zero-order chi connectivity index (χ0) is 10.9. The average molecular weight is 231 g/mol. The molecule has 2 rings (SSSR count). The van der Waals surface area contributed by atoms with Gasteiger partial charge in [0, 0.05) is 9.43 Å². The van der Waals surface area contributed by atoms with Gasteiger partial charge in [-0.25, -0.2) is 8.42 Å². The molecule has 1 atom stereocenters. The standard InChI is InChI=1S/C8H13N3O3S/c9-10-11-15(12,13)7-3-1-6(2-4-7)8-5-14-8/h6-8H,1-5H2. The quantitative estimate of drug-likeness (QED) is 0.319. The van der Waals surface area contributed by atoms with E-state index in [2.05, 4.69) is 9.43 Å². The third kappa shape index (κ3) is 2.42. The number of ether oxygens (including phenoxy) is 1. The smallest absolute Gasteiger partial charge is 0.238 e. The van der Waals surface area contributed by atoms with Crippen molar-refractivity contribution in [1.82, 2.24) is 0 Å². The van der Waals surface area contributed by atoms with Gasteiger partial charge < -0.3 is 4.74 Å². The summed E-state index contributed by atoms with van der Waals surface area (Å²) in [6.45, 7) is 0.818. The first-order valence-corrected chi connectivity index (χ1v) is 6.55. The minimum absolute atomic E-state index is 0.355. The largest absolute Gasteiger partial charge is 0.373 e. The fourth-order valence-electron chi connectivity index (χ4n) is 2.20. The van der Waals surface area contributed by atoms with Gasteiger partial charge in [-0.3, -0.25) is 0 Å². The second-order valence-corrected chi connectivity index (χ2v) is 5.95. The molecule has 1 aliphatic heterocycles. The van der Waals surface area contributed by atoms with E-state index < -0.39 is 15.3 Å². The molecule has 0 radical (unpaired) electrons. The third-order valence-corrected chi connectivity index (χ3v) is 4.79. The van der Waals surface area contributed by atoms with Crippen LogP contribution in [0, 0.1) is 5.92 Å². The Balaban J connectivity index is 1.95. The Morgan fingerprint density at radius 1 is 1.27 bits per heavy atom. The first-order chi connectivity index (χ1) is 7.13. The van der Waals surface area contributed by atoms with Gasteiger partial charge in [0.1, 0.15) is 0 Å². The van der Waals surface area contributed by atoms with Gasteiger partial charge >= 0.3 is 0 Å². The highest BCUT2D eigenvalue weighted by Gasteiger charge is 2.38. The molecule has 1 aliphatic carbocycles. The lowest BCUT2D eigenvalue weighted by Crippen LogP contribution is -2.27. The van der Waals surface area contributed by atoms with Crippen molar-refractivity contribution < 1.29 is 13.2 Å². The van der Waals surface area contributed by atoms with Crippen molar-refractivity contribution >= 4 is 10.0 Å². The number of hydrogen-bond donors (Lipinski definition) is 0. The van der Waals surface area contributed by atoms with Crippen molar-refractivity contribution in [3.63, 3.8) is 0 Å². The molecule has 2 fully saturated rings. The summed E-state index contributed by atoms with van der Waals surface area (Å²) in [4.78, 5) is 2.36. The highest BCUT2D eigenvalue weighted by Crippen LogP contribution is 2.36. The Labute approximate surface area is 88.3 Å². The lowest BCUT2D eigenvalue weighted by atomic mass is 9.87. The van der Waals surface area contributed by atoms with Crippen LogP contribution in [0.25, 0.3) is 10.4 Å². The van der Waals surface area contributed by atoms with Crippen LogP contribution in [-0.4, -0.2) is 26.4 Å². The van der Waals surface area contributed by atoms with Gasteiger partial charge in [-0.2, -0.15) is 0 Å². The van der Waals surface area contributed by atoms with Gasteiger partial charge in [-0.05, 0) is 37.1 Å². The monoisotopic (exact) mass is 231 g/mol. The highest BCUT2D eigenvalue weighted by molar-refractivity contribution is 7.90. The molecule has 0 aromatic rings. The van der Waals surface area contributed by atoms with Crippen molar-refractivity contribution in [2.45, 2.75) is 37.0 Å². The minimum Gasteiger partial charge on any atom is -0.373 e. The predicted octanol–water partition coefficient (Wildman–Crippen LogP) is 1.58. The first-order valence-electron chi connectivity index (χ1n) is 5.05. The molecule has 1 saturated carbocycles. The maximum Gasteiger partial charge on any atom is 0.238 e. The van der Waals surface area contributed by atoms with Crippen molar-refractivity contribution in [3.05, 3.63) is 10.4 Å². The first kappa shape index (κ1) is 10.7. The molecular formula is C8H13N3O3S. The number of azide groups is 1. The molecule has 7 heteroatoms. The van der Waals surface area contributed by atoms with Crippen molar-refractivity contribution in [1.29, 1.82) is 0 Å². The lowest BCUT2D eigenvalue weighted by Gasteiger charge is -2.25. The van der Waals surface area contributed by atoms with E-state index in [9.17, 15) is 8.42 Å². The molecule has 1 heterocycles. The van der Waals surface area contributed by atoms with Gasteiger partial charge in [0.2, 0.25) is 10.0 Å². The normalized spacial score (nSPS) is 35.6. The van der Waals surface area contributed by atoms with E-state index in [-0.39, 0.29) is 0 Å². The molecule has 0 aromatic heterocycles. The molecule has 6 nitrogen and oxygen atoms in total. The Kier molecular flexibility index (Phi) is 2.86. The molecule has 0 bridgehead atoms. The second kappa shape index (κ2) is 4.00. The van der Waals surface area contributed by atoms with Crippen molar-refractivity contribution in [2.24, 2.45) is 10.4 Å². The van der Waals surface area contributed by atoms with Crippen LogP contribution in [-0.2, 0) is 14.8 Å². The van der Waals surface area contributed by atoms with Crippen LogP contribution in [0.2, 0.25) is 0 Å². The molecule has 84 valence electrons.